The van der Waals surface area contributed by atoms with Gasteiger partial charge in [0.2, 0.25) is 0 Å². The van der Waals surface area contributed by atoms with Crippen LogP contribution in [0.2, 0.25) is 0 Å². The van der Waals surface area contributed by atoms with Gasteiger partial charge in [0.05, 0.1) is 12.0 Å². The maximum Gasteiger partial charge on any atom is 0.141 e. The Hall–Kier alpha value is -1.24. The SMILES string of the molecule is C[C@H]1CCc2sc3ncnc(N4CCN(CCO)CC4)c3c2C1. The Morgan fingerprint density at radius 2 is 2.09 bits per heavy atom. The molecule has 1 atom stereocenters. The zero-order valence-corrected chi connectivity index (χ0v) is 14.5. The van der Waals surface area contributed by atoms with E-state index in [4.69, 9.17) is 5.11 Å². The first-order valence-corrected chi connectivity index (χ1v) is 9.41. The van der Waals surface area contributed by atoms with Gasteiger partial charge in [0, 0.05) is 37.6 Å². The Labute approximate surface area is 141 Å². The van der Waals surface area contributed by atoms with E-state index in [2.05, 4.69) is 26.7 Å². The van der Waals surface area contributed by atoms with E-state index >= 15 is 0 Å². The molecule has 1 N–H and O–H groups in total. The van der Waals surface area contributed by atoms with Crippen molar-refractivity contribution in [1.82, 2.24) is 14.9 Å². The van der Waals surface area contributed by atoms with Gasteiger partial charge >= 0.3 is 0 Å². The molecule has 6 heteroatoms. The van der Waals surface area contributed by atoms with Crippen LogP contribution < -0.4 is 4.90 Å². The number of aliphatic hydroxyl groups excluding tert-OH is 1. The van der Waals surface area contributed by atoms with Gasteiger partial charge in [-0.05, 0) is 30.7 Å². The summed E-state index contributed by atoms with van der Waals surface area (Å²) in [5.41, 5.74) is 1.51. The van der Waals surface area contributed by atoms with Crippen LogP contribution in [0, 0.1) is 5.92 Å². The molecule has 2 aromatic rings. The molecular weight excluding hydrogens is 308 g/mol. The molecule has 0 bridgehead atoms. The van der Waals surface area contributed by atoms with E-state index in [1.54, 1.807) is 6.33 Å². The van der Waals surface area contributed by atoms with Crippen molar-refractivity contribution < 1.29 is 5.11 Å². The summed E-state index contributed by atoms with van der Waals surface area (Å²) in [5.74, 6) is 1.89. The number of aliphatic hydroxyl groups is 1. The van der Waals surface area contributed by atoms with Crippen molar-refractivity contribution in [2.45, 2.75) is 26.2 Å². The Morgan fingerprint density at radius 3 is 2.87 bits per heavy atom. The van der Waals surface area contributed by atoms with Gasteiger partial charge in [0.15, 0.2) is 0 Å². The van der Waals surface area contributed by atoms with E-state index < -0.39 is 0 Å². The molecule has 1 fully saturated rings. The summed E-state index contributed by atoms with van der Waals surface area (Å²) in [7, 11) is 0. The first-order valence-electron chi connectivity index (χ1n) is 8.59. The number of nitrogens with zero attached hydrogens (tertiary/aromatic N) is 4. The number of aromatic nitrogens is 2. The highest BCUT2D eigenvalue weighted by Gasteiger charge is 2.26. The summed E-state index contributed by atoms with van der Waals surface area (Å²) in [5, 5.41) is 10.4. The molecule has 3 heterocycles. The number of β-amino-alcohol motifs (C(OH)–C–C–N with tert-alkyl or cyclic N) is 1. The van der Waals surface area contributed by atoms with Crippen LogP contribution in [-0.2, 0) is 12.8 Å². The first kappa shape index (κ1) is 15.3. The van der Waals surface area contributed by atoms with Crippen LogP contribution in [0.4, 0.5) is 5.82 Å². The van der Waals surface area contributed by atoms with Gasteiger partial charge in [-0.3, -0.25) is 4.90 Å². The Kier molecular flexibility index (Phi) is 4.22. The molecule has 124 valence electrons. The summed E-state index contributed by atoms with van der Waals surface area (Å²) < 4.78 is 0. The zero-order chi connectivity index (χ0) is 15.8. The van der Waals surface area contributed by atoms with E-state index in [0.717, 1.165) is 49.3 Å². The van der Waals surface area contributed by atoms with Crippen molar-refractivity contribution in [3.8, 4) is 0 Å². The highest BCUT2D eigenvalue weighted by atomic mass is 32.1. The monoisotopic (exact) mass is 332 g/mol. The van der Waals surface area contributed by atoms with Crippen LogP contribution >= 0.6 is 11.3 Å². The van der Waals surface area contributed by atoms with Crippen LogP contribution in [0.5, 0.6) is 0 Å². The van der Waals surface area contributed by atoms with Gasteiger partial charge < -0.3 is 10.0 Å². The lowest BCUT2D eigenvalue weighted by atomic mass is 9.88. The lowest BCUT2D eigenvalue weighted by molar-refractivity contribution is 0.188. The van der Waals surface area contributed by atoms with Crippen LogP contribution in [-0.4, -0.2) is 59.3 Å². The lowest BCUT2D eigenvalue weighted by Gasteiger charge is -2.35. The number of anilines is 1. The fourth-order valence-corrected chi connectivity index (χ4v) is 5.01. The van der Waals surface area contributed by atoms with Gasteiger partial charge in [0.25, 0.3) is 0 Å². The van der Waals surface area contributed by atoms with E-state index in [0.29, 0.717) is 0 Å². The molecule has 23 heavy (non-hydrogen) atoms. The van der Waals surface area contributed by atoms with Gasteiger partial charge in [-0.15, -0.1) is 11.3 Å². The van der Waals surface area contributed by atoms with Crippen molar-refractivity contribution in [3.63, 3.8) is 0 Å². The zero-order valence-electron chi connectivity index (χ0n) is 13.7. The van der Waals surface area contributed by atoms with Crippen LogP contribution in [0.25, 0.3) is 10.2 Å². The fourth-order valence-electron chi connectivity index (χ4n) is 3.83. The van der Waals surface area contributed by atoms with Crippen molar-refractivity contribution in [3.05, 3.63) is 16.8 Å². The molecule has 2 aromatic heterocycles. The number of aryl methyl sites for hydroxylation is 1. The van der Waals surface area contributed by atoms with Crippen LogP contribution in [0.1, 0.15) is 23.8 Å². The van der Waals surface area contributed by atoms with E-state index in [9.17, 15) is 0 Å². The molecule has 1 saturated heterocycles. The Bertz CT molecular complexity index is 693. The molecule has 5 nitrogen and oxygen atoms in total. The first-order chi connectivity index (χ1) is 11.3. The molecule has 1 aliphatic heterocycles. The Balaban J connectivity index is 1.67. The van der Waals surface area contributed by atoms with Gasteiger partial charge in [0.1, 0.15) is 17.0 Å². The highest BCUT2D eigenvalue weighted by Crippen LogP contribution is 2.40. The minimum Gasteiger partial charge on any atom is -0.395 e. The van der Waals surface area contributed by atoms with Crippen molar-refractivity contribution >= 4 is 27.4 Å². The predicted molar refractivity (Wildman–Crippen MR) is 94.3 cm³/mol. The van der Waals surface area contributed by atoms with E-state index in [1.807, 2.05) is 11.3 Å². The molecule has 0 spiro atoms. The number of hydrogen-bond donors (Lipinski definition) is 1. The van der Waals surface area contributed by atoms with Crippen LogP contribution in [0.3, 0.4) is 0 Å². The lowest BCUT2D eigenvalue weighted by Crippen LogP contribution is -2.47. The number of piperazine rings is 1. The molecule has 1 aliphatic carbocycles. The molecule has 0 saturated carbocycles. The predicted octanol–water partition coefficient (Wildman–Crippen LogP) is 1.93. The topological polar surface area (TPSA) is 52.5 Å². The Morgan fingerprint density at radius 1 is 1.26 bits per heavy atom. The third kappa shape index (κ3) is 2.84. The second-order valence-corrected chi connectivity index (χ2v) is 7.87. The minimum atomic E-state index is 0.244. The second kappa shape index (κ2) is 6.34. The average molecular weight is 332 g/mol. The van der Waals surface area contributed by atoms with Crippen molar-refractivity contribution in [1.29, 1.82) is 0 Å². The smallest absolute Gasteiger partial charge is 0.141 e. The number of rotatable bonds is 3. The fraction of sp³-hybridized carbons (Fsp3) is 0.647. The van der Waals surface area contributed by atoms with E-state index in [-0.39, 0.29) is 6.61 Å². The van der Waals surface area contributed by atoms with Gasteiger partial charge in [-0.2, -0.15) is 0 Å². The summed E-state index contributed by atoms with van der Waals surface area (Å²) in [6, 6.07) is 0. The molecule has 4 rings (SSSR count). The quantitative estimate of drug-likeness (QED) is 0.931. The number of thiophene rings is 1. The normalized spacial score (nSPS) is 22.5. The molecule has 0 radical (unpaired) electrons. The van der Waals surface area contributed by atoms with Gasteiger partial charge in [-0.1, -0.05) is 6.92 Å². The molecular formula is C17H24N4OS. The van der Waals surface area contributed by atoms with E-state index in [1.165, 1.54) is 35.1 Å². The maximum absolute atomic E-state index is 9.10. The number of hydrogen-bond acceptors (Lipinski definition) is 6. The molecule has 0 aromatic carbocycles. The molecule has 0 unspecified atom stereocenters. The number of fused-ring (bicyclic) bond motifs is 3. The average Bonchev–Trinajstić information content (AvgIpc) is 2.94. The third-order valence-corrected chi connectivity index (χ3v) is 6.36. The second-order valence-electron chi connectivity index (χ2n) is 6.78. The summed E-state index contributed by atoms with van der Waals surface area (Å²) in [6.07, 6.45) is 5.38. The third-order valence-electron chi connectivity index (χ3n) is 5.16. The summed E-state index contributed by atoms with van der Waals surface area (Å²) in [6.45, 7) is 7.32. The standard InChI is InChI=1S/C17H24N4OS/c1-12-2-3-14-13(10-12)15-16(18-11-19-17(15)23-14)21-6-4-20(5-7-21)8-9-22/h11-12,22H,2-10H2,1H3/t12-/m0/s1. The largest absolute Gasteiger partial charge is 0.395 e. The van der Waals surface area contributed by atoms with Gasteiger partial charge in [-0.25, -0.2) is 9.97 Å². The summed E-state index contributed by atoms with van der Waals surface area (Å²) in [4.78, 5) is 16.6. The highest BCUT2D eigenvalue weighted by molar-refractivity contribution is 7.19. The summed E-state index contributed by atoms with van der Waals surface area (Å²) >= 11 is 1.87. The van der Waals surface area contributed by atoms with Crippen molar-refractivity contribution in [2.75, 3.05) is 44.2 Å². The maximum atomic E-state index is 9.10. The van der Waals surface area contributed by atoms with Crippen LogP contribution in [0.15, 0.2) is 6.33 Å². The molecule has 0 amide bonds. The van der Waals surface area contributed by atoms with Crippen molar-refractivity contribution in [2.24, 2.45) is 5.92 Å². The molecule has 2 aliphatic rings. The minimum absolute atomic E-state index is 0.244.